The second-order valence-corrected chi connectivity index (χ2v) is 22.4. The third kappa shape index (κ3) is 30.7. The van der Waals surface area contributed by atoms with Gasteiger partial charge in [-0.05, 0) is 44.5 Å². The average Bonchev–Trinajstić information content (AvgIpc) is 3.81. The molecule has 0 unspecified atom stereocenters. The van der Waals surface area contributed by atoms with Crippen molar-refractivity contribution >= 4 is 0 Å². The van der Waals surface area contributed by atoms with Gasteiger partial charge in [-0.2, -0.15) is 0 Å². The standard InChI is InChI=1S/C77H92O15/c78-71(49-87-76(59-89-72(51-79-41-63-25-9-1-10-26-63)52-80-42-64-27-11-2-12-28-64)60-90-73(53-81-43-65-29-13-3-14-30-65)54-82-44-66-31-15-4-16-32-66)50-88-77(61-91-74(55-83-45-67-33-17-5-18-34-67)56-84-46-68-35-19-6-20-36-68)62-92-75(57-85-47-69-37-21-7-22-38-69)58-86-48-70-39-23-8-24-40-70/h1-40,71-78H,41-62H2. The topological polar surface area (TPSA) is 149 Å². The Morgan fingerprint density at radius 3 is 0.457 bits per heavy atom. The molecule has 0 aliphatic carbocycles. The van der Waals surface area contributed by atoms with E-state index in [1.165, 1.54) is 0 Å². The molecule has 0 aliphatic heterocycles. The lowest BCUT2D eigenvalue weighted by atomic mass is 10.2. The fraction of sp³-hybridized carbons (Fsp3) is 0.377. The van der Waals surface area contributed by atoms with Crippen molar-refractivity contribution in [2.45, 2.75) is 95.6 Å². The van der Waals surface area contributed by atoms with Crippen LogP contribution in [0.2, 0.25) is 0 Å². The number of aliphatic hydroxyl groups is 1. The van der Waals surface area contributed by atoms with E-state index in [1.54, 1.807) is 0 Å². The number of ether oxygens (including phenoxy) is 14. The zero-order chi connectivity index (χ0) is 63.4. The molecule has 15 heteroatoms. The normalized spacial score (nSPS) is 11.8. The van der Waals surface area contributed by atoms with Gasteiger partial charge in [-0.25, -0.2) is 0 Å². The summed E-state index contributed by atoms with van der Waals surface area (Å²) in [7, 11) is 0. The number of benzene rings is 8. The highest BCUT2D eigenvalue weighted by molar-refractivity contribution is 5.18. The molecule has 15 nitrogen and oxygen atoms in total. The number of hydrogen-bond acceptors (Lipinski definition) is 15. The van der Waals surface area contributed by atoms with Crippen LogP contribution >= 0.6 is 0 Å². The van der Waals surface area contributed by atoms with E-state index in [4.69, 9.17) is 66.3 Å². The highest BCUT2D eigenvalue weighted by Gasteiger charge is 2.24. The van der Waals surface area contributed by atoms with E-state index in [-0.39, 0.29) is 92.5 Å². The number of hydrogen-bond donors (Lipinski definition) is 1. The van der Waals surface area contributed by atoms with E-state index in [0.717, 1.165) is 44.5 Å². The fourth-order valence-corrected chi connectivity index (χ4v) is 9.44. The molecule has 8 aromatic rings. The SMILES string of the molecule is OC(COC(COC(COCc1ccccc1)COCc1ccccc1)COC(COCc1ccccc1)COCc1ccccc1)COC(COC(COCc1ccccc1)COCc1ccccc1)COC(COCc1ccccc1)COCc1ccccc1. The first-order valence-corrected chi connectivity index (χ1v) is 31.9. The van der Waals surface area contributed by atoms with Gasteiger partial charge in [0.2, 0.25) is 0 Å². The van der Waals surface area contributed by atoms with Crippen LogP contribution in [0, 0.1) is 0 Å². The summed E-state index contributed by atoms with van der Waals surface area (Å²) in [4.78, 5) is 0. The van der Waals surface area contributed by atoms with Crippen LogP contribution in [0.15, 0.2) is 243 Å². The maximum absolute atomic E-state index is 11.9. The summed E-state index contributed by atoms with van der Waals surface area (Å²) in [5.41, 5.74) is 8.32. The Labute approximate surface area is 544 Å². The molecule has 0 saturated carbocycles. The van der Waals surface area contributed by atoms with Gasteiger partial charge in [0.25, 0.3) is 0 Å². The van der Waals surface area contributed by atoms with Crippen molar-refractivity contribution in [3.63, 3.8) is 0 Å². The molecule has 0 fully saturated rings. The summed E-state index contributed by atoms with van der Waals surface area (Å²) in [6.07, 6.45) is -4.36. The van der Waals surface area contributed by atoms with E-state index < -0.39 is 42.7 Å². The van der Waals surface area contributed by atoms with E-state index in [1.807, 2.05) is 243 Å². The Morgan fingerprint density at radius 1 is 0.174 bits per heavy atom. The van der Waals surface area contributed by atoms with Gasteiger partial charge >= 0.3 is 0 Å². The third-order valence-electron chi connectivity index (χ3n) is 14.4. The fourth-order valence-electron chi connectivity index (χ4n) is 9.44. The summed E-state index contributed by atoms with van der Waals surface area (Å²) < 4.78 is 89.6. The van der Waals surface area contributed by atoms with Crippen molar-refractivity contribution < 1.29 is 71.4 Å². The summed E-state index contributed by atoms with van der Waals surface area (Å²) >= 11 is 0. The van der Waals surface area contributed by atoms with E-state index >= 15 is 0 Å². The Kier molecular flexibility index (Phi) is 34.5. The first-order chi connectivity index (χ1) is 45.5. The summed E-state index contributed by atoms with van der Waals surface area (Å²) in [5.74, 6) is 0. The van der Waals surface area contributed by atoms with Crippen LogP contribution in [0.5, 0.6) is 0 Å². The monoisotopic (exact) mass is 1260 g/mol. The highest BCUT2D eigenvalue weighted by Crippen LogP contribution is 2.15. The molecule has 0 saturated heterocycles. The van der Waals surface area contributed by atoms with Crippen LogP contribution < -0.4 is 0 Å². The Hall–Kier alpha value is -6.84. The zero-order valence-electron chi connectivity index (χ0n) is 52.9. The minimum Gasteiger partial charge on any atom is -0.388 e. The Bertz CT molecular complexity index is 2430. The second kappa shape index (κ2) is 44.7. The van der Waals surface area contributed by atoms with Crippen LogP contribution in [0.3, 0.4) is 0 Å². The average molecular weight is 1260 g/mol. The molecular formula is C77H92O15. The predicted molar refractivity (Wildman–Crippen MR) is 353 cm³/mol. The molecule has 0 atom stereocenters. The van der Waals surface area contributed by atoms with Crippen molar-refractivity contribution in [1.29, 1.82) is 0 Å². The third-order valence-corrected chi connectivity index (χ3v) is 14.4. The van der Waals surface area contributed by atoms with Crippen LogP contribution in [-0.4, -0.2) is 140 Å². The quantitative estimate of drug-likeness (QED) is 0.0385. The summed E-state index contributed by atoms with van der Waals surface area (Å²) in [6, 6.07) is 80.0. The van der Waals surface area contributed by atoms with E-state index in [2.05, 4.69) is 0 Å². The minimum absolute atomic E-state index is 0.0779. The van der Waals surface area contributed by atoms with Crippen molar-refractivity contribution in [3.8, 4) is 0 Å². The Morgan fingerprint density at radius 2 is 0.304 bits per heavy atom. The molecule has 8 aromatic carbocycles. The van der Waals surface area contributed by atoms with Gasteiger partial charge in [-0.15, -0.1) is 0 Å². The molecule has 0 heterocycles. The number of aliphatic hydroxyl groups excluding tert-OH is 1. The molecule has 0 amide bonds. The van der Waals surface area contributed by atoms with Gasteiger partial charge in [0.05, 0.1) is 145 Å². The maximum Gasteiger partial charge on any atom is 0.104 e. The van der Waals surface area contributed by atoms with Crippen LogP contribution in [-0.2, 0) is 119 Å². The highest BCUT2D eigenvalue weighted by atomic mass is 16.6. The molecule has 490 valence electrons. The van der Waals surface area contributed by atoms with Gasteiger partial charge < -0.3 is 71.4 Å². The molecule has 1 N–H and O–H groups in total. The van der Waals surface area contributed by atoms with E-state index in [9.17, 15) is 5.11 Å². The second-order valence-electron chi connectivity index (χ2n) is 22.4. The predicted octanol–water partition coefficient (Wildman–Crippen LogP) is 12.4. The maximum atomic E-state index is 11.9. The van der Waals surface area contributed by atoms with Crippen molar-refractivity contribution in [2.75, 3.05) is 92.5 Å². The Balaban J connectivity index is 0.955. The first-order valence-electron chi connectivity index (χ1n) is 31.9. The lowest BCUT2D eigenvalue weighted by molar-refractivity contribution is -0.155. The molecule has 0 bridgehead atoms. The van der Waals surface area contributed by atoms with Gasteiger partial charge in [0, 0.05) is 0 Å². The molecule has 0 aliphatic rings. The van der Waals surface area contributed by atoms with E-state index in [0.29, 0.717) is 52.9 Å². The molecular weight excluding hydrogens is 1160 g/mol. The van der Waals surface area contributed by atoms with Crippen molar-refractivity contribution in [3.05, 3.63) is 287 Å². The lowest BCUT2D eigenvalue weighted by Gasteiger charge is -2.27. The van der Waals surface area contributed by atoms with Gasteiger partial charge in [0.1, 0.15) is 42.7 Å². The van der Waals surface area contributed by atoms with Crippen molar-refractivity contribution in [2.24, 2.45) is 0 Å². The molecule has 0 aromatic heterocycles. The molecule has 0 radical (unpaired) electrons. The van der Waals surface area contributed by atoms with Gasteiger partial charge in [0.15, 0.2) is 0 Å². The summed E-state index contributed by atoms with van der Waals surface area (Å²) in [6.45, 7) is 5.24. The smallest absolute Gasteiger partial charge is 0.104 e. The van der Waals surface area contributed by atoms with Gasteiger partial charge in [-0.3, -0.25) is 0 Å². The summed E-state index contributed by atoms with van der Waals surface area (Å²) in [5, 5.41) is 11.9. The zero-order valence-corrected chi connectivity index (χ0v) is 52.9. The van der Waals surface area contributed by atoms with Crippen LogP contribution in [0.1, 0.15) is 44.5 Å². The van der Waals surface area contributed by atoms with Crippen LogP contribution in [0.4, 0.5) is 0 Å². The minimum atomic E-state index is -1.10. The van der Waals surface area contributed by atoms with Crippen LogP contribution in [0.25, 0.3) is 0 Å². The first kappa shape index (κ1) is 71.0. The molecule has 92 heavy (non-hydrogen) atoms. The number of rotatable bonds is 50. The largest absolute Gasteiger partial charge is 0.388 e. The van der Waals surface area contributed by atoms with Crippen molar-refractivity contribution in [1.82, 2.24) is 0 Å². The van der Waals surface area contributed by atoms with Gasteiger partial charge in [-0.1, -0.05) is 243 Å². The molecule has 0 spiro atoms. The lowest BCUT2D eigenvalue weighted by Crippen LogP contribution is -2.39. The molecule has 8 rings (SSSR count).